The van der Waals surface area contributed by atoms with Crippen LogP contribution in [0, 0.1) is 0 Å². The van der Waals surface area contributed by atoms with Crippen molar-refractivity contribution in [3.05, 3.63) is 48.0 Å². The van der Waals surface area contributed by atoms with Gasteiger partial charge in [-0.25, -0.2) is 0 Å². The Kier molecular flexibility index (Phi) is 4.34. The highest BCUT2D eigenvalue weighted by atomic mass is 32.2. The van der Waals surface area contributed by atoms with E-state index in [1.54, 1.807) is 11.8 Å². The number of benzene rings is 2. The third-order valence-corrected chi connectivity index (χ3v) is 5.70. The minimum absolute atomic E-state index is 0.150. The first-order chi connectivity index (χ1) is 12.1. The van der Waals surface area contributed by atoms with Gasteiger partial charge in [-0.15, -0.1) is 11.8 Å². The second-order valence-corrected chi connectivity index (χ2v) is 7.87. The number of carbonyl (C=O) groups is 1. The van der Waals surface area contributed by atoms with Crippen molar-refractivity contribution in [2.75, 3.05) is 18.1 Å². The molecule has 2 atom stereocenters. The molecule has 0 aromatic heterocycles. The van der Waals surface area contributed by atoms with Gasteiger partial charge in [0.25, 0.3) is 0 Å². The fourth-order valence-corrected chi connectivity index (χ4v) is 4.39. The maximum absolute atomic E-state index is 13.1. The Balaban J connectivity index is 1.51. The lowest BCUT2D eigenvalue weighted by atomic mass is 10.1. The van der Waals surface area contributed by atoms with Crippen LogP contribution in [0.5, 0.6) is 11.5 Å². The molecule has 0 saturated carbocycles. The van der Waals surface area contributed by atoms with Gasteiger partial charge in [-0.1, -0.05) is 18.2 Å². The van der Waals surface area contributed by atoms with Crippen molar-refractivity contribution in [3.63, 3.8) is 0 Å². The van der Waals surface area contributed by atoms with E-state index in [-0.39, 0.29) is 17.2 Å². The predicted octanol–water partition coefficient (Wildman–Crippen LogP) is 3.92. The molecule has 2 aromatic carbocycles. The molecule has 5 heteroatoms. The number of fused-ring (bicyclic) bond motifs is 2. The van der Waals surface area contributed by atoms with Crippen LogP contribution in [-0.2, 0) is 11.2 Å². The van der Waals surface area contributed by atoms with Crippen molar-refractivity contribution in [2.45, 2.75) is 36.5 Å². The lowest BCUT2D eigenvalue weighted by Crippen LogP contribution is -2.40. The van der Waals surface area contributed by atoms with E-state index in [1.165, 1.54) is 5.56 Å². The molecule has 1 amide bonds. The van der Waals surface area contributed by atoms with Crippen LogP contribution in [0.4, 0.5) is 5.69 Å². The number of carbonyl (C=O) groups excluding carboxylic acids is 1. The highest BCUT2D eigenvalue weighted by molar-refractivity contribution is 8.00. The molecule has 0 radical (unpaired) electrons. The minimum atomic E-state index is -0.170. The Morgan fingerprint density at radius 1 is 1.16 bits per heavy atom. The fourth-order valence-electron chi connectivity index (χ4n) is 3.45. The number of ether oxygens (including phenoxy) is 2. The third kappa shape index (κ3) is 3.09. The summed E-state index contributed by atoms with van der Waals surface area (Å²) in [5, 5.41) is -0.170. The predicted molar refractivity (Wildman–Crippen MR) is 99.8 cm³/mol. The van der Waals surface area contributed by atoms with Crippen molar-refractivity contribution in [2.24, 2.45) is 0 Å². The molecule has 4 rings (SSSR count). The van der Waals surface area contributed by atoms with E-state index in [4.69, 9.17) is 9.47 Å². The van der Waals surface area contributed by atoms with Gasteiger partial charge in [0, 0.05) is 16.6 Å². The lowest BCUT2D eigenvalue weighted by molar-refractivity contribution is -0.118. The second kappa shape index (κ2) is 6.64. The zero-order valence-electron chi connectivity index (χ0n) is 14.4. The summed E-state index contributed by atoms with van der Waals surface area (Å²) in [4.78, 5) is 16.0. The standard InChI is InChI=1S/C20H21NO3S/c1-13-11-15-5-3-4-6-17(15)21(13)20(22)14(2)25-16-7-8-18-19(12-16)24-10-9-23-18/h3-8,12-14H,9-11H2,1-2H3/t13-,14-/m0/s1. The molecule has 0 saturated heterocycles. The third-order valence-electron chi connectivity index (χ3n) is 4.62. The Morgan fingerprint density at radius 2 is 1.92 bits per heavy atom. The van der Waals surface area contributed by atoms with Crippen molar-refractivity contribution >= 4 is 23.4 Å². The highest BCUT2D eigenvalue weighted by Crippen LogP contribution is 2.38. The zero-order chi connectivity index (χ0) is 17.4. The van der Waals surface area contributed by atoms with E-state index >= 15 is 0 Å². The molecule has 0 aliphatic carbocycles. The molecule has 0 N–H and O–H groups in total. The Bertz CT molecular complexity index is 807. The number of amides is 1. The van der Waals surface area contributed by atoms with Crippen LogP contribution in [0.1, 0.15) is 19.4 Å². The molecule has 2 aliphatic heterocycles. The zero-order valence-corrected chi connectivity index (χ0v) is 15.2. The van der Waals surface area contributed by atoms with Crippen LogP contribution >= 0.6 is 11.8 Å². The molecule has 130 valence electrons. The molecule has 0 bridgehead atoms. The van der Waals surface area contributed by atoms with Gasteiger partial charge in [0.1, 0.15) is 13.2 Å². The van der Waals surface area contributed by atoms with Crippen molar-refractivity contribution < 1.29 is 14.3 Å². The summed E-state index contributed by atoms with van der Waals surface area (Å²) in [6.45, 7) is 5.23. The Hall–Kier alpha value is -2.14. The monoisotopic (exact) mass is 355 g/mol. The van der Waals surface area contributed by atoms with Crippen LogP contribution in [0.3, 0.4) is 0 Å². The van der Waals surface area contributed by atoms with Gasteiger partial charge in [0.2, 0.25) is 5.91 Å². The van der Waals surface area contributed by atoms with E-state index < -0.39 is 0 Å². The van der Waals surface area contributed by atoms with Gasteiger partial charge in [-0.05, 0) is 50.1 Å². The van der Waals surface area contributed by atoms with Crippen LogP contribution in [0.15, 0.2) is 47.4 Å². The highest BCUT2D eigenvalue weighted by Gasteiger charge is 2.33. The van der Waals surface area contributed by atoms with Gasteiger partial charge in [0.05, 0.1) is 5.25 Å². The average molecular weight is 355 g/mol. The topological polar surface area (TPSA) is 38.8 Å². The first-order valence-electron chi connectivity index (χ1n) is 8.61. The van der Waals surface area contributed by atoms with Crippen LogP contribution in [0.2, 0.25) is 0 Å². The summed E-state index contributed by atoms with van der Waals surface area (Å²) in [6.07, 6.45) is 0.920. The van der Waals surface area contributed by atoms with Crippen LogP contribution in [-0.4, -0.2) is 30.4 Å². The molecule has 2 heterocycles. The van der Waals surface area contributed by atoms with E-state index in [2.05, 4.69) is 13.0 Å². The van der Waals surface area contributed by atoms with Crippen LogP contribution in [0.25, 0.3) is 0 Å². The Morgan fingerprint density at radius 3 is 2.76 bits per heavy atom. The van der Waals surface area contributed by atoms with Crippen molar-refractivity contribution in [1.29, 1.82) is 0 Å². The normalized spacial score (nSPS) is 19.4. The number of nitrogens with zero attached hydrogens (tertiary/aromatic N) is 1. The fraction of sp³-hybridized carbons (Fsp3) is 0.350. The molecule has 4 nitrogen and oxygen atoms in total. The smallest absolute Gasteiger partial charge is 0.240 e. The summed E-state index contributed by atoms with van der Waals surface area (Å²) in [5.41, 5.74) is 2.30. The summed E-state index contributed by atoms with van der Waals surface area (Å²) >= 11 is 1.56. The molecule has 0 unspecified atom stereocenters. The van der Waals surface area contributed by atoms with E-state index in [1.807, 2.05) is 48.2 Å². The number of hydrogen-bond acceptors (Lipinski definition) is 4. The van der Waals surface area contributed by atoms with Crippen molar-refractivity contribution in [1.82, 2.24) is 0 Å². The van der Waals surface area contributed by atoms with Gasteiger partial charge < -0.3 is 14.4 Å². The second-order valence-electron chi connectivity index (χ2n) is 6.46. The van der Waals surface area contributed by atoms with Crippen LogP contribution < -0.4 is 14.4 Å². The largest absolute Gasteiger partial charge is 0.486 e. The Labute approximate surface area is 152 Å². The summed E-state index contributed by atoms with van der Waals surface area (Å²) in [7, 11) is 0. The number of para-hydroxylation sites is 1. The summed E-state index contributed by atoms with van der Waals surface area (Å²) < 4.78 is 11.2. The number of thioether (sulfide) groups is 1. The maximum atomic E-state index is 13.1. The molecule has 25 heavy (non-hydrogen) atoms. The van der Waals surface area contributed by atoms with E-state index in [0.717, 1.165) is 28.5 Å². The number of rotatable bonds is 3. The maximum Gasteiger partial charge on any atom is 0.240 e. The molecule has 0 spiro atoms. The van der Waals surface area contributed by atoms with E-state index in [9.17, 15) is 4.79 Å². The quantitative estimate of drug-likeness (QED) is 0.783. The summed E-state index contributed by atoms with van der Waals surface area (Å²) in [5.74, 6) is 1.68. The van der Waals surface area contributed by atoms with Gasteiger partial charge in [-0.3, -0.25) is 4.79 Å². The molecular formula is C20H21NO3S. The van der Waals surface area contributed by atoms with Gasteiger partial charge in [-0.2, -0.15) is 0 Å². The SMILES string of the molecule is C[C@H](Sc1ccc2c(c1)OCCO2)C(=O)N1c2ccccc2C[C@@H]1C. The first-order valence-corrected chi connectivity index (χ1v) is 9.49. The van der Waals surface area contributed by atoms with Gasteiger partial charge >= 0.3 is 0 Å². The molecule has 2 aromatic rings. The molecule has 2 aliphatic rings. The number of hydrogen-bond donors (Lipinski definition) is 0. The minimum Gasteiger partial charge on any atom is -0.486 e. The lowest BCUT2D eigenvalue weighted by Gasteiger charge is -2.26. The van der Waals surface area contributed by atoms with Crippen molar-refractivity contribution in [3.8, 4) is 11.5 Å². The number of anilines is 1. The molecule has 0 fully saturated rings. The average Bonchev–Trinajstić information content (AvgIpc) is 2.96. The first kappa shape index (κ1) is 16.3. The molecular weight excluding hydrogens is 334 g/mol. The van der Waals surface area contributed by atoms with Gasteiger partial charge in [0.15, 0.2) is 11.5 Å². The van der Waals surface area contributed by atoms with E-state index in [0.29, 0.717) is 13.2 Å². The summed E-state index contributed by atoms with van der Waals surface area (Å²) in [6, 6.07) is 14.3.